The molecule has 35 heavy (non-hydrogen) atoms. The lowest BCUT2D eigenvalue weighted by molar-refractivity contribution is -0.123. The number of amides is 4. The molecule has 1 aromatic carbocycles. The summed E-state index contributed by atoms with van der Waals surface area (Å²) in [5.74, 6) is -0.105. The van der Waals surface area contributed by atoms with Gasteiger partial charge in [-0.15, -0.1) is 0 Å². The third kappa shape index (κ3) is 5.90. The second kappa shape index (κ2) is 11.3. The SMILES string of the molecule is CCNSC(=O)NS(=O)(=O)c1cc2c(cc1OC)OCCC2CNC(=O)N1CC(C)=C(CC)C1=O. The Morgan fingerprint density at radius 3 is 2.66 bits per heavy atom. The predicted octanol–water partition coefficient (Wildman–Crippen LogP) is 2.50. The highest BCUT2D eigenvalue weighted by atomic mass is 32.2. The van der Waals surface area contributed by atoms with Crippen molar-refractivity contribution in [2.75, 3.05) is 33.4 Å². The van der Waals surface area contributed by atoms with Crippen LogP contribution in [-0.4, -0.2) is 63.8 Å². The van der Waals surface area contributed by atoms with E-state index in [9.17, 15) is 22.8 Å². The average Bonchev–Trinajstić information content (AvgIpc) is 3.12. The number of nitrogens with one attached hydrogen (secondary N) is 3. The normalized spacial score (nSPS) is 17.7. The molecule has 2 aliphatic rings. The van der Waals surface area contributed by atoms with Crippen LogP contribution in [0.4, 0.5) is 9.59 Å². The summed E-state index contributed by atoms with van der Waals surface area (Å²) in [6, 6.07) is 2.37. The Hall–Kier alpha value is -2.77. The van der Waals surface area contributed by atoms with Gasteiger partial charge in [-0.3, -0.25) is 19.2 Å². The average molecular weight is 527 g/mol. The van der Waals surface area contributed by atoms with Crippen molar-refractivity contribution in [2.45, 2.75) is 44.4 Å². The minimum absolute atomic E-state index is 0.0264. The van der Waals surface area contributed by atoms with Gasteiger partial charge >= 0.3 is 11.3 Å². The first-order chi connectivity index (χ1) is 16.6. The molecule has 11 nitrogen and oxygen atoms in total. The minimum Gasteiger partial charge on any atom is -0.495 e. The zero-order chi connectivity index (χ0) is 25.8. The number of sulfonamides is 1. The smallest absolute Gasteiger partial charge is 0.324 e. The molecule has 0 aromatic heterocycles. The zero-order valence-corrected chi connectivity index (χ0v) is 21.7. The summed E-state index contributed by atoms with van der Waals surface area (Å²) in [5.41, 5.74) is 2.08. The zero-order valence-electron chi connectivity index (χ0n) is 20.1. The second-order valence-corrected chi connectivity index (χ2v) is 10.6. The minimum atomic E-state index is -4.24. The fourth-order valence-electron chi connectivity index (χ4n) is 4.05. The summed E-state index contributed by atoms with van der Waals surface area (Å²) in [7, 11) is -2.92. The summed E-state index contributed by atoms with van der Waals surface area (Å²) < 4.78 is 41.5. The molecule has 0 bridgehead atoms. The van der Waals surface area contributed by atoms with Gasteiger partial charge in [0.1, 0.15) is 16.4 Å². The quantitative estimate of drug-likeness (QED) is 0.435. The molecule has 1 aromatic rings. The lowest BCUT2D eigenvalue weighted by Crippen LogP contribution is -2.43. The number of benzene rings is 1. The Morgan fingerprint density at radius 1 is 1.29 bits per heavy atom. The van der Waals surface area contributed by atoms with Gasteiger partial charge in [0, 0.05) is 48.2 Å². The van der Waals surface area contributed by atoms with Crippen LogP contribution in [0.3, 0.4) is 0 Å². The van der Waals surface area contributed by atoms with Crippen molar-refractivity contribution in [3.63, 3.8) is 0 Å². The van der Waals surface area contributed by atoms with Crippen LogP contribution in [0.2, 0.25) is 0 Å². The van der Waals surface area contributed by atoms with Gasteiger partial charge < -0.3 is 14.8 Å². The molecule has 1 unspecified atom stereocenters. The van der Waals surface area contributed by atoms with E-state index in [2.05, 4.69) is 10.0 Å². The molecule has 0 radical (unpaired) electrons. The van der Waals surface area contributed by atoms with Gasteiger partial charge in [-0.25, -0.2) is 17.9 Å². The highest BCUT2D eigenvalue weighted by Crippen LogP contribution is 2.40. The van der Waals surface area contributed by atoms with Crippen molar-refractivity contribution >= 4 is 39.1 Å². The summed E-state index contributed by atoms with van der Waals surface area (Å²) >= 11 is 0.638. The number of rotatable bonds is 8. The Balaban J connectivity index is 1.79. The maximum atomic E-state index is 12.9. The summed E-state index contributed by atoms with van der Waals surface area (Å²) in [4.78, 5) is 38.2. The molecule has 0 aliphatic carbocycles. The van der Waals surface area contributed by atoms with E-state index in [1.165, 1.54) is 24.1 Å². The first kappa shape index (κ1) is 26.8. The third-order valence-electron chi connectivity index (χ3n) is 5.79. The highest BCUT2D eigenvalue weighted by molar-refractivity contribution is 8.13. The highest BCUT2D eigenvalue weighted by Gasteiger charge is 2.33. The number of fused-ring (bicyclic) bond motifs is 1. The summed E-state index contributed by atoms with van der Waals surface area (Å²) in [6.07, 6.45) is 1.08. The van der Waals surface area contributed by atoms with Crippen LogP contribution in [0.25, 0.3) is 0 Å². The van der Waals surface area contributed by atoms with Crippen molar-refractivity contribution < 1.29 is 32.3 Å². The summed E-state index contributed by atoms with van der Waals surface area (Å²) in [6.45, 7) is 6.75. The standard InChI is InChI=1S/C22H30N4O7S2/c1-5-15-13(3)12-26(20(15)27)21(28)23-11-14-7-8-33-17-10-18(32-4)19(9-16(14)17)35(30,31)25-22(29)34-24-6-2/h9-10,14,24H,5-8,11-12H2,1-4H3,(H,23,28)(H,25,29). The fraction of sp³-hybridized carbons (Fsp3) is 0.500. The first-order valence-corrected chi connectivity index (χ1v) is 13.5. The van der Waals surface area contributed by atoms with Crippen LogP contribution in [0.5, 0.6) is 11.5 Å². The summed E-state index contributed by atoms with van der Waals surface area (Å²) in [5, 5.41) is 2.01. The van der Waals surface area contributed by atoms with E-state index in [1.54, 1.807) is 6.92 Å². The number of urea groups is 1. The Kier molecular flexibility index (Phi) is 8.67. The predicted molar refractivity (Wildman–Crippen MR) is 131 cm³/mol. The van der Waals surface area contributed by atoms with E-state index >= 15 is 0 Å². The lowest BCUT2D eigenvalue weighted by atomic mass is 9.93. The number of methoxy groups -OCH3 is 1. The number of nitrogens with zero attached hydrogens (tertiary/aromatic N) is 1. The van der Waals surface area contributed by atoms with Crippen LogP contribution in [0.15, 0.2) is 28.2 Å². The number of imide groups is 1. The number of carbonyl (C=O) groups is 3. The van der Waals surface area contributed by atoms with Crippen molar-refractivity contribution in [1.29, 1.82) is 0 Å². The third-order valence-corrected chi connectivity index (χ3v) is 7.99. The van der Waals surface area contributed by atoms with E-state index in [0.29, 0.717) is 54.8 Å². The molecule has 0 saturated carbocycles. The van der Waals surface area contributed by atoms with E-state index < -0.39 is 21.3 Å². The topological polar surface area (TPSA) is 143 Å². The molecule has 2 aliphatic heterocycles. The van der Waals surface area contributed by atoms with Gasteiger partial charge in [-0.2, -0.15) is 0 Å². The molecule has 0 saturated heterocycles. The number of ether oxygens (including phenoxy) is 2. The molecule has 4 amide bonds. The molecule has 3 rings (SSSR count). The molecule has 0 fully saturated rings. The van der Waals surface area contributed by atoms with E-state index in [4.69, 9.17) is 9.47 Å². The van der Waals surface area contributed by atoms with Gasteiger partial charge in [-0.05, 0) is 31.4 Å². The molecular weight excluding hydrogens is 496 g/mol. The van der Waals surface area contributed by atoms with E-state index in [1.807, 2.05) is 18.6 Å². The van der Waals surface area contributed by atoms with Crippen molar-refractivity contribution in [1.82, 2.24) is 19.7 Å². The van der Waals surface area contributed by atoms with Crippen LogP contribution < -0.4 is 24.2 Å². The molecule has 192 valence electrons. The Morgan fingerprint density at radius 2 is 2.03 bits per heavy atom. The van der Waals surface area contributed by atoms with Crippen LogP contribution >= 0.6 is 11.9 Å². The Bertz CT molecular complexity index is 1150. The van der Waals surface area contributed by atoms with Gasteiger partial charge in [0.05, 0.1) is 20.3 Å². The maximum Gasteiger partial charge on any atom is 0.324 e. The first-order valence-electron chi connectivity index (χ1n) is 11.2. The van der Waals surface area contributed by atoms with Gasteiger partial charge in [0.25, 0.3) is 15.9 Å². The fourth-order valence-corrected chi connectivity index (χ4v) is 5.84. The number of hydrogen-bond acceptors (Lipinski definition) is 9. The van der Waals surface area contributed by atoms with Gasteiger partial charge in [0.15, 0.2) is 0 Å². The molecule has 13 heteroatoms. The lowest BCUT2D eigenvalue weighted by Gasteiger charge is -2.28. The molecular formula is C22H30N4O7S2. The molecule has 1 atom stereocenters. The van der Waals surface area contributed by atoms with Crippen molar-refractivity contribution in [2.24, 2.45) is 0 Å². The molecule has 2 heterocycles. The molecule has 3 N–H and O–H groups in total. The second-order valence-electron chi connectivity index (χ2n) is 8.06. The monoisotopic (exact) mass is 526 g/mol. The van der Waals surface area contributed by atoms with Crippen LogP contribution in [0, 0.1) is 0 Å². The number of carbonyl (C=O) groups excluding carboxylic acids is 3. The van der Waals surface area contributed by atoms with Crippen LogP contribution in [0.1, 0.15) is 45.1 Å². The number of hydrogen-bond donors (Lipinski definition) is 3. The van der Waals surface area contributed by atoms with Crippen LogP contribution in [-0.2, 0) is 14.8 Å². The largest absolute Gasteiger partial charge is 0.495 e. The Labute approximate surface area is 209 Å². The van der Waals surface area contributed by atoms with E-state index in [-0.39, 0.29) is 35.6 Å². The van der Waals surface area contributed by atoms with Crippen molar-refractivity contribution in [3.8, 4) is 11.5 Å². The van der Waals surface area contributed by atoms with E-state index in [0.717, 1.165) is 5.57 Å². The van der Waals surface area contributed by atoms with Crippen molar-refractivity contribution in [3.05, 3.63) is 28.8 Å². The van der Waals surface area contributed by atoms with Gasteiger partial charge in [0.2, 0.25) is 0 Å². The maximum absolute atomic E-state index is 12.9. The molecule has 0 spiro atoms. The van der Waals surface area contributed by atoms with Gasteiger partial charge in [-0.1, -0.05) is 13.8 Å².